The summed E-state index contributed by atoms with van der Waals surface area (Å²) in [6, 6.07) is 8.41. The van der Waals surface area contributed by atoms with E-state index in [0.29, 0.717) is 12.1 Å². The fourth-order valence-corrected chi connectivity index (χ4v) is 2.85. The summed E-state index contributed by atoms with van der Waals surface area (Å²) < 4.78 is 72.3. The molecule has 0 bridgehead atoms. The lowest BCUT2D eigenvalue weighted by molar-refractivity contribution is -0.137. The third-order valence-corrected chi connectivity index (χ3v) is 4.48. The van der Waals surface area contributed by atoms with E-state index in [0.717, 1.165) is 36.4 Å². The molecule has 0 fully saturated rings. The van der Waals surface area contributed by atoms with Crippen LogP contribution in [-0.4, -0.2) is 17.0 Å². The van der Waals surface area contributed by atoms with E-state index in [-0.39, 0.29) is 22.6 Å². The van der Waals surface area contributed by atoms with Crippen LogP contribution in [0.1, 0.15) is 31.8 Å². The predicted octanol–water partition coefficient (Wildman–Crippen LogP) is 5.46. The van der Waals surface area contributed by atoms with Crippen molar-refractivity contribution in [3.05, 3.63) is 88.5 Å². The van der Waals surface area contributed by atoms with Crippen molar-refractivity contribution in [3.8, 4) is 11.5 Å². The molecule has 0 atom stereocenters. The first-order chi connectivity index (χ1) is 15.5. The molecule has 11 heteroatoms. The van der Waals surface area contributed by atoms with Crippen molar-refractivity contribution in [2.24, 2.45) is 0 Å². The molecule has 3 aromatic rings. The van der Waals surface area contributed by atoms with Gasteiger partial charge in [0.2, 0.25) is 0 Å². The Morgan fingerprint density at radius 3 is 2.24 bits per heavy atom. The molecule has 0 unspecified atom stereocenters. The number of ether oxygens (including phenoxy) is 1. The first-order valence-corrected chi connectivity index (χ1v) is 9.20. The van der Waals surface area contributed by atoms with Crippen molar-refractivity contribution >= 4 is 17.5 Å². The van der Waals surface area contributed by atoms with E-state index in [9.17, 15) is 31.5 Å². The number of rotatable bonds is 5. The zero-order valence-corrected chi connectivity index (χ0v) is 16.8. The summed E-state index contributed by atoms with van der Waals surface area (Å²) in [6.07, 6.45) is -4.73. The summed E-state index contributed by atoms with van der Waals surface area (Å²) in [4.78, 5) is 24.3. The minimum Gasteiger partial charge on any atom is -0.456 e. The minimum absolute atomic E-state index is 0.0217. The summed E-state index contributed by atoms with van der Waals surface area (Å²) in [6.45, 7) is 1.47. The number of carbonyl (C=O) groups excluding carboxylic acids is 2. The second-order valence-electron chi connectivity index (χ2n) is 6.81. The fraction of sp³-hybridized carbons (Fsp3) is 0.0909. The molecule has 0 heterocycles. The fourth-order valence-electron chi connectivity index (χ4n) is 2.85. The number of hydrogen-bond donors (Lipinski definition) is 3. The first-order valence-electron chi connectivity index (χ1n) is 9.20. The van der Waals surface area contributed by atoms with E-state index in [4.69, 9.17) is 9.94 Å². The van der Waals surface area contributed by atoms with Crippen molar-refractivity contribution < 1.29 is 41.5 Å². The number of carbonyl (C=O) groups is 2. The highest BCUT2D eigenvalue weighted by molar-refractivity contribution is 6.07. The van der Waals surface area contributed by atoms with E-state index in [1.807, 2.05) is 0 Å². The van der Waals surface area contributed by atoms with Crippen LogP contribution in [0.15, 0.2) is 54.6 Å². The minimum atomic E-state index is -4.73. The van der Waals surface area contributed by atoms with Gasteiger partial charge in [0.1, 0.15) is 23.1 Å². The average molecular weight is 466 g/mol. The molecule has 6 nitrogen and oxygen atoms in total. The Morgan fingerprint density at radius 1 is 0.879 bits per heavy atom. The van der Waals surface area contributed by atoms with Gasteiger partial charge in [-0.05, 0) is 67.1 Å². The average Bonchev–Trinajstić information content (AvgIpc) is 2.75. The molecule has 33 heavy (non-hydrogen) atoms. The molecule has 0 aromatic heterocycles. The van der Waals surface area contributed by atoms with Gasteiger partial charge in [-0.1, -0.05) is 0 Å². The topological polar surface area (TPSA) is 87.7 Å². The normalized spacial score (nSPS) is 11.1. The zero-order chi connectivity index (χ0) is 24.3. The van der Waals surface area contributed by atoms with Crippen LogP contribution in [0.5, 0.6) is 11.5 Å². The predicted molar refractivity (Wildman–Crippen MR) is 106 cm³/mol. The van der Waals surface area contributed by atoms with Crippen LogP contribution >= 0.6 is 0 Å². The first kappa shape index (κ1) is 23.7. The lowest BCUT2D eigenvalue weighted by Gasteiger charge is -2.16. The van der Waals surface area contributed by atoms with Gasteiger partial charge in [-0.15, -0.1) is 0 Å². The summed E-state index contributed by atoms with van der Waals surface area (Å²) >= 11 is 0. The molecule has 0 saturated heterocycles. The van der Waals surface area contributed by atoms with Gasteiger partial charge in [0, 0.05) is 5.69 Å². The summed E-state index contributed by atoms with van der Waals surface area (Å²) in [5.74, 6) is -4.11. The van der Waals surface area contributed by atoms with Crippen molar-refractivity contribution in [2.45, 2.75) is 13.1 Å². The quantitative estimate of drug-likeness (QED) is 0.265. The molecule has 172 valence electrons. The Morgan fingerprint density at radius 2 is 1.61 bits per heavy atom. The third-order valence-electron chi connectivity index (χ3n) is 4.48. The van der Waals surface area contributed by atoms with E-state index >= 15 is 0 Å². The number of hydroxylamine groups is 1. The molecule has 0 spiro atoms. The van der Waals surface area contributed by atoms with Crippen molar-refractivity contribution in [2.75, 3.05) is 5.32 Å². The van der Waals surface area contributed by atoms with Gasteiger partial charge < -0.3 is 10.1 Å². The maximum atomic E-state index is 13.8. The molecule has 0 aliphatic rings. The Hall–Kier alpha value is -3.99. The summed E-state index contributed by atoms with van der Waals surface area (Å²) in [5.41, 5.74) is -0.533. The Balaban J connectivity index is 1.99. The van der Waals surface area contributed by atoms with E-state index in [1.54, 1.807) is 0 Å². The lowest BCUT2D eigenvalue weighted by Crippen LogP contribution is -2.21. The van der Waals surface area contributed by atoms with Gasteiger partial charge in [0.05, 0.1) is 16.7 Å². The van der Waals surface area contributed by atoms with Crippen LogP contribution in [0.4, 0.5) is 27.6 Å². The molecule has 3 aromatic carbocycles. The standard InChI is InChI=1S/C22H15F5N2O4/c1-11-8-13(23)3-7-18(11)33-19-9-12(22(25,26)27)2-5-15(19)20(30)28-14-4-6-17(24)16(10-14)21(31)29-32/h2-10,32H,1H3,(H,28,30)(H,29,31). The van der Waals surface area contributed by atoms with Crippen molar-refractivity contribution in [3.63, 3.8) is 0 Å². The van der Waals surface area contributed by atoms with Gasteiger partial charge >= 0.3 is 6.18 Å². The van der Waals surface area contributed by atoms with Gasteiger partial charge in [-0.2, -0.15) is 13.2 Å². The SMILES string of the molecule is Cc1cc(F)ccc1Oc1cc(C(F)(F)F)ccc1C(=O)Nc1ccc(F)c(C(=O)NO)c1. The second-order valence-corrected chi connectivity index (χ2v) is 6.81. The summed E-state index contributed by atoms with van der Waals surface area (Å²) in [5, 5.41) is 11.0. The Labute approximate surface area is 183 Å². The number of benzene rings is 3. The number of nitrogens with one attached hydrogen (secondary N) is 2. The molecular formula is C22H15F5N2O4. The lowest BCUT2D eigenvalue weighted by atomic mass is 10.1. The number of amides is 2. The third kappa shape index (κ3) is 5.44. The van der Waals surface area contributed by atoms with Crippen LogP contribution < -0.4 is 15.5 Å². The van der Waals surface area contributed by atoms with Crippen molar-refractivity contribution in [1.82, 2.24) is 5.48 Å². The van der Waals surface area contributed by atoms with Crippen LogP contribution in [0.25, 0.3) is 0 Å². The van der Waals surface area contributed by atoms with Gasteiger partial charge in [-0.3, -0.25) is 14.8 Å². The van der Waals surface area contributed by atoms with E-state index < -0.39 is 46.5 Å². The van der Waals surface area contributed by atoms with E-state index in [2.05, 4.69) is 5.32 Å². The molecule has 3 N–H and O–H groups in total. The molecule has 3 rings (SSSR count). The second kappa shape index (κ2) is 9.25. The van der Waals surface area contributed by atoms with Crippen LogP contribution in [0.3, 0.4) is 0 Å². The van der Waals surface area contributed by atoms with Gasteiger partial charge in [-0.25, -0.2) is 14.3 Å². The highest BCUT2D eigenvalue weighted by atomic mass is 19.4. The molecule has 0 saturated carbocycles. The van der Waals surface area contributed by atoms with Gasteiger partial charge in [0.25, 0.3) is 11.8 Å². The number of halogens is 5. The largest absolute Gasteiger partial charge is 0.456 e. The van der Waals surface area contributed by atoms with Crippen LogP contribution in [-0.2, 0) is 6.18 Å². The highest BCUT2D eigenvalue weighted by Crippen LogP contribution is 2.36. The van der Waals surface area contributed by atoms with Crippen LogP contribution in [0.2, 0.25) is 0 Å². The molecule has 2 amide bonds. The number of aryl methyl sites for hydroxylation is 1. The Kier molecular flexibility index (Phi) is 6.63. The number of hydrogen-bond acceptors (Lipinski definition) is 4. The smallest absolute Gasteiger partial charge is 0.416 e. The van der Waals surface area contributed by atoms with Crippen LogP contribution in [0, 0.1) is 18.6 Å². The van der Waals surface area contributed by atoms with Crippen molar-refractivity contribution in [1.29, 1.82) is 0 Å². The molecular weight excluding hydrogens is 451 g/mol. The summed E-state index contributed by atoms with van der Waals surface area (Å²) in [7, 11) is 0. The Bertz CT molecular complexity index is 1230. The molecule has 0 radical (unpaired) electrons. The molecule has 0 aliphatic carbocycles. The highest BCUT2D eigenvalue weighted by Gasteiger charge is 2.32. The maximum Gasteiger partial charge on any atom is 0.416 e. The zero-order valence-electron chi connectivity index (χ0n) is 16.8. The number of anilines is 1. The van der Waals surface area contributed by atoms with Gasteiger partial charge in [0.15, 0.2) is 0 Å². The van der Waals surface area contributed by atoms with E-state index in [1.165, 1.54) is 18.5 Å². The number of alkyl halides is 3. The maximum absolute atomic E-state index is 13.8. The molecule has 0 aliphatic heterocycles. The monoisotopic (exact) mass is 466 g/mol.